The second-order valence-corrected chi connectivity index (χ2v) is 4.91. The maximum atomic E-state index is 11.8. The number of nitrogens with one attached hydrogen (secondary N) is 1. The van der Waals surface area contributed by atoms with Gasteiger partial charge >= 0.3 is 5.97 Å². The van der Waals surface area contributed by atoms with Crippen molar-refractivity contribution in [3.05, 3.63) is 0 Å². The lowest BCUT2D eigenvalue weighted by molar-refractivity contribution is -0.140. The molecular formula is C11H19NO4. The first kappa shape index (κ1) is 13.0. The van der Waals surface area contributed by atoms with Crippen LogP contribution in [0.25, 0.3) is 0 Å². The molecule has 5 heteroatoms. The molecule has 1 fully saturated rings. The van der Waals surface area contributed by atoms with Crippen LogP contribution in [-0.2, 0) is 9.59 Å². The lowest BCUT2D eigenvalue weighted by Gasteiger charge is -2.14. The third kappa shape index (κ3) is 2.19. The van der Waals surface area contributed by atoms with Crippen molar-refractivity contribution in [1.82, 2.24) is 5.32 Å². The van der Waals surface area contributed by atoms with Gasteiger partial charge in [0.1, 0.15) is 0 Å². The summed E-state index contributed by atoms with van der Waals surface area (Å²) < 4.78 is 0. The van der Waals surface area contributed by atoms with Crippen LogP contribution in [0.3, 0.4) is 0 Å². The predicted molar refractivity (Wildman–Crippen MR) is 57.7 cm³/mol. The van der Waals surface area contributed by atoms with Crippen molar-refractivity contribution >= 4 is 11.9 Å². The van der Waals surface area contributed by atoms with Gasteiger partial charge in [0, 0.05) is 0 Å². The van der Waals surface area contributed by atoms with E-state index in [2.05, 4.69) is 5.32 Å². The van der Waals surface area contributed by atoms with Crippen molar-refractivity contribution in [3.63, 3.8) is 0 Å². The fraction of sp³-hybridized carbons (Fsp3) is 0.818. The summed E-state index contributed by atoms with van der Waals surface area (Å²) in [6, 6.07) is -0.279. The number of carbonyl (C=O) groups is 2. The highest BCUT2D eigenvalue weighted by molar-refractivity contribution is 5.91. The van der Waals surface area contributed by atoms with Crippen LogP contribution < -0.4 is 5.32 Å². The first-order valence-corrected chi connectivity index (χ1v) is 5.50. The molecule has 0 bridgehead atoms. The second-order valence-electron chi connectivity index (χ2n) is 4.91. The number of aliphatic carboxylic acids is 1. The molecule has 0 aromatic rings. The largest absolute Gasteiger partial charge is 0.481 e. The first-order chi connectivity index (χ1) is 7.36. The van der Waals surface area contributed by atoms with Crippen LogP contribution in [0.15, 0.2) is 0 Å². The zero-order chi connectivity index (χ0) is 12.5. The van der Waals surface area contributed by atoms with Crippen LogP contribution in [0.1, 0.15) is 27.2 Å². The zero-order valence-corrected chi connectivity index (χ0v) is 9.86. The summed E-state index contributed by atoms with van der Waals surface area (Å²) in [4.78, 5) is 22.7. The van der Waals surface area contributed by atoms with Gasteiger partial charge in [-0.25, -0.2) is 0 Å². The molecule has 0 radical (unpaired) electrons. The molecule has 0 aliphatic heterocycles. The van der Waals surface area contributed by atoms with Gasteiger partial charge in [0.05, 0.1) is 24.5 Å². The van der Waals surface area contributed by atoms with E-state index in [0.29, 0.717) is 6.42 Å². The number of aliphatic hydroxyl groups is 1. The Morgan fingerprint density at radius 2 is 1.94 bits per heavy atom. The minimum atomic E-state index is -0.929. The van der Waals surface area contributed by atoms with E-state index in [-0.39, 0.29) is 18.6 Å². The van der Waals surface area contributed by atoms with Gasteiger partial charge in [0.2, 0.25) is 5.91 Å². The van der Waals surface area contributed by atoms with Gasteiger partial charge in [-0.1, -0.05) is 20.8 Å². The third-order valence-electron chi connectivity index (χ3n) is 3.44. The highest BCUT2D eigenvalue weighted by Crippen LogP contribution is 2.58. The minimum absolute atomic E-state index is 0.118. The Morgan fingerprint density at radius 3 is 2.25 bits per heavy atom. The molecule has 16 heavy (non-hydrogen) atoms. The zero-order valence-electron chi connectivity index (χ0n) is 9.86. The molecule has 1 rings (SSSR count). The maximum absolute atomic E-state index is 11.8. The molecule has 3 N–H and O–H groups in total. The van der Waals surface area contributed by atoms with Crippen LogP contribution in [0.2, 0.25) is 0 Å². The molecule has 5 nitrogen and oxygen atoms in total. The Morgan fingerprint density at radius 1 is 1.38 bits per heavy atom. The van der Waals surface area contributed by atoms with Gasteiger partial charge in [-0.3, -0.25) is 9.59 Å². The van der Waals surface area contributed by atoms with E-state index in [1.165, 1.54) is 0 Å². The maximum Gasteiger partial charge on any atom is 0.307 e. The molecule has 1 aliphatic carbocycles. The lowest BCUT2D eigenvalue weighted by Crippen LogP contribution is -2.38. The van der Waals surface area contributed by atoms with E-state index in [4.69, 9.17) is 10.2 Å². The number of carboxylic acid groups (broad SMARTS) is 1. The quantitative estimate of drug-likeness (QED) is 0.630. The monoisotopic (exact) mass is 229 g/mol. The topological polar surface area (TPSA) is 86.6 Å². The summed E-state index contributed by atoms with van der Waals surface area (Å²) in [6.45, 7) is 5.28. The fourth-order valence-corrected chi connectivity index (χ4v) is 2.16. The van der Waals surface area contributed by atoms with Crippen molar-refractivity contribution in [2.75, 3.05) is 6.61 Å². The Bertz CT molecular complexity index is 296. The van der Waals surface area contributed by atoms with Crippen LogP contribution in [0.5, 0.6) is 0 Å². The average Bonchev–Trinajstić information content (AvgIpc) is 2.78. The van der Waals surface area contributed by atoms with Crippen molar-refractivity contribution < 1.29 is 19.8 Å². The molecule has 1 aliphatic rings. The number of hydrogen-bond donors (Lipinski definition) is 3. The molecule has 0 aromatic carbocycles. The van der Waals surface area contributed by atoms with E-state index in [1.54, 1.807) is 13.8 Å². The van der Waals surface area contributed by atoms with E-state index < -0.39 is 23.2 Å². The number of rotatable bonds is 5. The second kappa shape index (κ2) is 4.41. The van der Waals surface area contributed by atoms with E-state index in [0.717, 1.165) is 0 Å². The van der Waals surface area contributed by atoms with Gasteiger partial charge in [0.25, 0.3) is 0 Å². The number of aliphatic hydroxyl groups excluding tert-OH is 1. The van der Waals surface area contributed by atoms with Gasteiger partial charge < -0.3 is 15.5 Å². The number of carbonyl (C=O) groups excluding carboxylic acids is 1. The molecule has 0 aromatic heterocycles. The molecule has 1 amide bonds. The first-order valence-electron chi connectivity index (χ1n) is 5.50. The Labute approximate surface area is 94.8 Å². The van der Waals surface area contributed by atoms with E-state index in [9.17, 15) is 9.59 Å². The molecular weight excluding hydrogens is 210 g/mol. The predicted octanol–water partition coefficient (Wildman–Crippen LogP) is 0.230. The SMILES string of the molecule is CC[C@@H](CO)NC(=O)[C@H]1[C@@H](C(=O)O)C1(C)C. The molecule has 92 valence electrons. The van der Waals surface area contributed by atoms with Crippen molar-refractivity contribution in [2.45, 2.75) is 33.2 Å². The summed E-state index contributed by atoms with van der Waals surface area (Å²) in [5.41, 5.74) is -0.482. The Balaban J connectivity index is 2.60. The average molecular weight is 229 g/mol. The molecule has 0 heterocycles. The third-order valence-corrected chi connectivity index (χ3v) is 3.44. The van der Waals surface area contributed by atoms with Crippen molar-refractivity contribution in [2.24, 2.45) is 17.3 Å². The van der Waals surface area contributed by atoms with Gasteiger partial charge in [-0.05, 0) is 11.8 Å². The summed E-state index contributed by atoms with van der Waals surface area (Å²) >= 11 is 0. The van der Waals surface area contributed by atoms with Gasteiger partial charge in [0.15, 0.2) is 0 Å². The van der Waals surface area contributed by atoms with Crippen molar-refractivity contribution in [1.29, 1.82) is 0 Å². The minimum Gasteiger partial charge on any atom is -0.481 e. The molecule has 0 spiro atoms. The van der Waals surface area contributed by atoms with Crippen LogP contribution in [0.4, 0.5) is 0 Å². The normalized spacial score (nSPS) is 28.2. The summed E-state index contributed by atoms with van der Waals surface area (Å²) in [5, 5.41) is 20.5. The molecule has 1 saturated carbocycles. The number of hydrogen-bond acceptors (Lipinski definition) is 3. The Kier molecular flexibility index (Phi) is 3.57. The van der Waals surface area contributed by atoms with Gasteiger partial charge in [-0.2, -0.15) is 0 Å². The summed E-state index contributed by atoms with van der Waals surface area (Å²) in [5.74, 6) is -2.28. The van der Waals surface area contributed by atoms with Crippen LogP contribution in [0, 0.1) is 17.3 Å². The molecule has 0 saturated heterocycles. The van der Waals surface area contributed by atoms with Crippen molar-refractivity contribution in [3.8, 4) is 0 Å². The molecule has 3 atom stereocenters. The smallest absolute Gasteiger partial charge is 0.307 e. The van der Waals surface area contributed by atoms with E-state index >= 15 is 0 Å². The summed E-state index contributed by atoms with van der Waals surface area (Å²) in [6.07, 6.45) is 0.632. The highest BCUT2D eigenvalue weighted by atomic mass is 16.4. The van der Waals surface area contributed by atoms with Gasteiger partial charge in [-0.15, -0.1) is 0 Å². The summed E-state index contributed by atoms with van der Waals surface area (Å²) in [7, 11) is 0. The lowest BCUT2D eigenvalue weighted by atomic mass is 10.1. The standard InChI is InChI=1S/C11H19NO4/c1-4-6(5-13)12-9(14)7-8(10(15)16)11(7,2)3/h6-8,13H,4-5H2,1-3H3,(H,12,14)(H,15,16)/t6-,7+,8-/m0/s1. The highest BCUT2D eigenvalue weighted by Gasteiger charge is 2.65. The number of carboxylic acids is 1. The van der Waals surface area contributed by atoms with Crippen LogP contribution in [-0.4, -0.2) is 34.7 Å². The Hall–Kier alpha value is -1.10. The van der Waals surface area contributed by atoms with Crippen LogP contribution >= 0.6 is 0 Å². The molecule has 0 unspecified atom stereocenters. The van der Waals surface area contributed by atoms with E-state index in [1.807, 2.05) is 6.92 Å². The fourth-order valence-electron chi connectivity index (χ4n) is 2.16. The number of amides is 1.